The molecule has 0 aliphatic carbocycles. The third kappa shape index (κ3) is 5.13. The molecule has 2 aromatic carbocycles. The average molecular weight is 488 g/mol. The van der Waals surface area contributed by atoms with E-state index < -0.39 is 41.9 Å². The molecule has 3 rings (SSSR count). The number of anilines is 1. The van der Waals surface area contributed by atoms with Gasteiger partial charge in [-0.25, -0.2) is 39.4 Å². The molecule has 3 N–H and O–H groups in total. The molecule has 0 saturated carbocycles. The van der Waals surface area contributed by atoms with Crippen molar-refractivity contribution in [2.24, 2.45) is 11.1 Å². The van der Waals surface area contributed by atoms with Gasteiger partial charge in [0.15, 0.2) is 0 Å². The first-order chi connectivity index (χ1) is 14.3. The maximum Gasteiger partial charge on any atom is 0.244 e. The number of hydrogen-bond acceptors (Lipinski definition) is 7. The summed E-state index contributed by atoms with van der Waals surface area (Å²) in [6.45, 7) is 1.57. The smallest absolute Gasteiger partial charge is 0.244 e. The van der Waals surface area contributed by atoms with Crippen LogP contribution >= 0.6 is 0 Å². The number of nitrogens with zero attached hydrogens (tertiary/aromatic N) is 1. The maximum absolute atomic E-state index is 12.5. The van der Waals surface area contributed by atoms with Crippen molar-refractivity contribution in [2.75, 3.05) is 16.6 Å². The Balaban J connectivity index is 1.67. The summed E-state index contributed by atoms with van der Waals surface area (Å²) in [5, 5.41) is 5.03. The lowest BCUT2D eigenvalue weighted by Gasteiger charge is -2.15. The fourth-order valence-electron chi connectivity index (χ4n) is 3.11. The average Bonchev–Trinajstić information content (AvgIpc) is 2.88. The second-order valence-electron chi connectivity index (χ2n) is 7.11. The molecule has 0 bridgehead atoms. The topological polar surface area (TPSA) is 161 Å². The van der Waals surface area contributed by atoms with Gasteiger partial charge in [-0.05, 0) is 48.4 Å². The number of hydrogen-bond donors (Lipinski definition) is 2. The molecule has 31 heavy (non-hydrogen) atoms. The van der Waals surface area contributed by atoms with Crippen molar-refractivity contribution in [3.05, 3.63) is 54.1 Å². The molecule has 1 saturated heterocycles. The molecule has 1 aliphatic heterocycles. The normalized spacial score (nSPS) is 19.0. The van der Waals surface area contributed by atoms with Crippen LogP contribution in [0, 0.1) is 5.92 Å². The van der Waals surface area contributed by atoms with Crippen LogP contribution in [-0.4, -0.2) is 43.5 Å². The molecule has 0 spiro atoms. The predicted molar refractivity (Wildman–Crippen MR) is 114 cm³/mol. The van der Waals surface area contributed by atoms with E-state index in [-0.39, 0.29) is 27.8 Å². The molecule has 0 aromatic heterocycles. The minimum Gasteiger partial charge on any atom is -0.273 e. The molecule has 2 aromatic rings. The van der Waals surface area contributed by atoms with Crippen LogP contribution in [0.15, 0.2) is 58.3 Å². The van der Waals surface area contributed by atoms with E-state index in [9.17, 15) is 30.0 Å². The fraction of sp³-hybridized carbons (Fsp3) is 0.278. The maximum atomic E-state index is 12.5. The van der Waals surface area contributed by atoms with Crippen molar-refractivity contribution in [2.45, 2.75) is 23.1 Å². The van der Waals surface area contributed by atoms with Gasteiger partial charge in [-0.2, -0.15) is 0 Å². The van der Waals surface area contributed by atoms with Gasteiger partial charge < -0.3 is 0 Å². The van der Waals surface area contributed by atoms with Gasteiger partial charge in [0.05, 0.1) is 27.1 Å². The first-order valence-electron chi connectivity index (χ1n) is 9.09. The summed E-state index contributed by atoms with van der Waals surface area (Å²) in [6.07, 6.45) is 0.306. The molecule has 1 atom stereocenters. The highest BCUT2D eigenvalue weighted by molar-refractivity contribution is 7.94. The number of nitrogens with one attached hydrogen (secondary N) is 1. The Morgan fingerprint density at radius 3 is 2.03 bits per heavy atom. The van der Waals surface area contributed by atoms with E-state index in [0.717, 1.165) is 0 Å². The molecule has 10 nitrogen and oxygen atoms in total. The van der Waals surface area contributed by atoms with Gasteiger partial charge in [-0.1, -0.05) is 19.1 Å². The molecule has 13 heteroatoms. The van der Waals surface area contributed by atoms with Gasteiger partial charge in [-0.15, -0.1) is 0 Å². The largest absolute Gasteiger partial charge is 0.273 e. The zero-order valence-electron chi connectivity index (χ0n) is 16.4. The lowest BCUT2D eigenvalue weighted by atomic mass is 10.2. The Hall–Kier alpha value is -2.32. The SMILES string of the molecule is C[C@@H]1CS(=O)(=O)N(c2ccc(S(=O)(=O)NCCc3ccc(S(N)(=O)=O)cc3)cc2)C1=O. The van der Waals surface area contributed by atoms with Crippen LogP contribution in [0.3, 0.4) is 0 Å². The summed E-state index contributed by atoms with van der Waals surface area (Å²) in [6, 6.07) is 10.8. The standard InChI is InChI=1S/C18H21N3O7S3/c1-13-12-29(23,24)21(18(13)22)15-4-8-17(9-5-15)31(27,28)20-11-10-14-2-6-16(7-3-14)30(19,25)26/h2-9,13,20H,10-12H2,1H3,(H2,19,25,26)/t13-/m1/s1. The second kappa shape index (κ2) is 8.31. The molecule has 0 unspecified atom stereocenters. The summed E-state index contributed by atoms with van der Waals surface area (Å²) >= 11 is 0. The van der Waals surface area contributed by atoms with Gasteiger partial charge in [0.2, 0.25) is 36.0 Å². The fourth-order valence-corrected chi connectivity index (χ4v) is 6.47. The monoisotopic (exact) mass is 487 g/mol. The summed E-state index contributed by atoms with van der Waals surface area (Å²) in [4.78, 5) is 12.0. The quantitative estimate of drug-likeness (QED) is 0.562. The Kier molecular flexibility index (Phi) is 6.26. The molecule has 1 heterocycles. The lowest BCUT2D eigenvalue weighted by Crippen LogP contribution is -2.30. The van der Waals surface area contributed by atoms with Gasteiger partial charge in [0, 0.05) is 6.54 Å². The minimum atomic E-state index is -3.87. The Morgan fingerprint density at radius 1 is 1.00 bits per heavy atom. The number of carbonyl (C=O) groups is 1. The third-order valence-electron chi connectivity index (χ3n) is 4.70. The van der Waals surface area contributed by atoms with Crippen LogP contribution in [0.4, 0.5) is 5.69 Å². The van der Waals surface area contributed by atoms with E-state index in [1.165, 1.54) is 55.5 Å². The van der Waals surface area contributed by atoms with Crippen LogP contribution in [0.1, 0.15) is 12.5 Å². The predicted octanol–water partition coefficient (Wildman–Crippen LogP) is 0.168. The van der Waals surface area contributed by atoms with Crippen LogP contribution in [-0.2, 0) is 41.3 Å². The highest BCUT2D eigenvalue weighted by Crippen LogP contribution is 2.28. The third-order valence-corrected chi connectivity index (χ3v) is 8.97. The Labute approximate surface area is 181 Å². The summed E-state index contributed by atoms with van der Waals surface area (Å²) < 4.78 is 74.9. The second-order valence-corrected chi connectivity index (χ2v) is 12.3. The molecule has 168 valence electrons. The minimum absolute atomic E-state index is 0.0372. The molecule has 1 aliphatic rings. The number of nitrogens with two attached hydrogens (primary N) is 1. The molecular formula is C18H21N3O7S3. The first-order valence-corrected chi connectivity index (χ1v) is 13.7. The number of primary sulfonamides is 1. The number of carbonyl (C=O) groups excluding carboxylic acids is 1. The van der Waals surface area contributed by atoms with E-state index in [1.807, 2.05) is 0 Å². The van der Waals surface area contributed by atoms with Crippen LogP contribution in [0.25, 0.3) is 0 Å². The number of amides is 1. The van der Waals surface area contributed by atoms with Gasteiger partial charge in [0.25, 0.3) is 0 Å². The van der Waals surface area contributed by atoms with Crippen molar-refractivity contribution < 1.29 is 30.0 Å². The van der Waals surface area contributed by atoms with Crippen LogP contribution in [0.2, 0.25) is 0 Å². The highest BCUT2D eigenvalue weighted by Gasteiger charge is 2.41. The molecule has 1 amide bonds. The van der Waals surface area contributed by atoms with E-state index in [2.05, 4.69) is 4.72 Å². The van der Waals surface area contributed by atoms with E-state index in [0.29, 0.717) is 16.3 Å². The van der Waals surface area contributed by atoms with E-state index in [1.54, 1.807) is 0 Å². The molecule has 0 radical (unpaired) electrons. The van der Waals surface area contributed by atoms with Crippen molar-refractivity contribution in [1.82, 2.24) is 4.72 Å². The van der Waals surface area contributed by atoms with Crippen molar-refractivity contribution in [1.29, 1.82) is 0 Å². The summed E-state index contributed by atoms with van der Waals surface area (Å²) in [5.74, 6) is -1.50. The highest BCUT2D eigenvalue weighted by atomic mass is 32.2. The van der Waals surface area contributed by atoms with Gasteiger partial charge in [-0.3, -0.25) is 4.79 Å². The van der Waals surface area contributed by atoms with Crippen molar-refractivity contribution >= 4 is 41.7 Å². The van der Waals surface area contributed by atoms with Crippen LogP contribution < -0.4 is 14.2 Å². The van der Waals surface area contributed by atoms with Crippen molar-refractivity contribution in [3.63, 3.8) is 0 Å². The Bertz CT molecular complexity index is 1300. The number of rotatable bonds is 7. The zero-order valence-corrected chi connectivity index (χ0v) is 18.9. The molecule has 1 fully saturated rings. The summed E-state index contributed by atoms with van der Waals surface area (Å²) in [7, 11) is -11.4. The molecular weight excluding hydrogens is 466 g/mol. The number of benzene rings is 2. The van der Waals surface area contributed by atoms with Gasteiger partial charge in [0.1, 0.15) is 0 Å². The zero-order chi connectivity index (χ0) is 23.0. The van der Waals surface area contributed by atoms with Crippen LogP contribution in [0.5, 0.6) is 0 Å². The number of sulfonamides is 3. The summed E-state index contributed by atoms with van der Waals surface area (Å²) in [5.41, 5.74) is 0.792. The van der Waals surface area contributed by atoms with Crippen molar-refractivity contribution in [3.8, 4) is 0 Å². The van der Waals surface area contributed by atoms with E-state index in [4.69, 9.17) is 5.14 Å². The lowest BCUT2D eigenvalue weighted by molar-refractivity contribution is -0.119. The van der Waals surface area contributed by atoms with Gasteiger partial charge >= 0.3 is 0 Å². The first kappa shape index (κ1) is 23.3. The van der Waals surface area contributed by atoms with E-state index >= 15 is 0 Å². The Morgan fingerprint density at radius 2 is 1.55 bits per heavy atom.